The van der Waals surface area contributed by atoms with Crippen LogP contribution in [0.4, 0.5) is 0 Å². The summed E-state index contributed by atoms with van der Waals surface area (Å²) in [7, 11) is -4.39. The van der Waals surface area contributed by atoms with Crippen molar-refractivity contribution in [2.45, 2.75) is 13.8 Å². The fourth-order valence-corrected chi connectivity index (χ4v) is 1.15. The van der Waals surface area contributed by atoms with Crippen LogP contribution in [0.15, 0.2) is 30.3 Å². The zero-order valence-electron chi connectivity index (χ0n) is 10.2. The first kappa shape index (κ1) is 17.1. The molecule has 0 radical (unpaired) electrons. The van der Waals surface area contributed by atoms with E-state index in [1.165, 1.54) is 12.1 Å². The van der Waals surface area contributed by atoms with Gasteiger partial charge in [0.1, 0.15) is 5.75 Å². The number of hydrogen-bond acceptors (Lipinski definition) is 5. The number of phosphoric ester groups is 1. The van der Waals surface area contributed by atoms with E-state index in [4.69, 9.17) is 9.79 Å². The van der Waals surface area contributed by atoms with Crippen molar-refractivity contribution >= 4 is 7.82 Å². The van der Waals surface area contributed by atoms with Crippen molar-refractivity contribution in [1.29, 1.82) is 0 Å². The van der Waals surface area contributed by atoms with Gasteiger partial charge in [-0.05, 0) is 26.0 Å². The van der Waals surface area contributed by atoms with Gasteiger partial charge in [0.05, 0.1) is 13.2 Å². The van der Waals surface area contributed by atoms with Crippen LogP contribution in [0.3, 0.4) is 0 Å². The minimum atomic E-state index is -4.39. The highest BCUT2D eigenvalue weighted by Crippen LogP contribution is 2.36. The summed E-state index contributed by atoms with van der Waals surface area (Å²) in [5, 5.41) is 4.13. The Morgan fingerprint density at radius 3 is 1.94 bits per heavy atom. The molecule has 0 spiro atoms. The van der Waals surface area contributed by atoms with E-state index in [1.54, 1.807) is 18.2 Å². The Balaban J connectivity index is 0.000000360. The highest BCUT2D eigenvalue weighted by atomic mass is 31.2. The number of benzene rings is 1. The van der Waals surface area contributed by atoms with Gasteiger partial charge in [-0.3, -0.25) is 9.79 Å². The van der Waals surface area contributed by atoms with Crippen LogP contribution in [0.5, 0.6) is 5.75 Å². The SMILES string of the molecule is CCOOOCC.O=P(O)(O)Oc1ccccc1. The van der Waals surface area contributed by atoms with Crippen LogP contribution >= 0.6 is 7.82 Å². The van der Waals surface area contributed by atoms with Crippen LogP contribution < -0.4 is 4.52 Å². The van der Waals surface area contributed by atoms with Crippen LogP contribution in [0.25, 0.3) is 0 Å². The predicted octanol–water partition coefficient (Wildman–Crippen LogP) is 2.06. The standard InChI is InChI=1S/C6H7O4P.C4H10O3/c7-11(8,9)10-6-4-2-1-3-5-6;1-3-5-7-6-4-2/h1-5H,(H2,7,8,9);3-4H2,1-2H3. The molecule has 0 saturated carbocycles. The smallest absolute Gasteiger partial charge is 0.404 e. The Kier molecular flexibility index (Phi) is 9.49. The molecule has 104 valence electrons. The van der Waals surface area contributed by atoms with Crippen LogP contribution in [-0.2, 0) is 19.4 Å². The van der Waals surface area contributed by atoms with Crippen LogP contribution in [0.2, 0.25) is 0 Å². The zero-order chi connectivity index (χ0) is 13.9. The monoisotopic (exact) mass is 280 g/mol. The average molecular weight is 280 g/mol. The van der Waals surface area contributed by atoms with Gasteiger partial charge in [0.25, 0.3) is 0 Å². The summed E-state index contributed by atoms with van der Waals surface area (Å²) in [6, 6.07) is 7.93. The third-order valence-corrected chi connectivity index (χ3v) is 1.75. The van der Waals surface area contributed by atoms with Crippen molar-refractivity contribution in [3.8, 4) is 5.75 Å². The maximum atomic E-state index is 10.3. The van der Waals surface area contributed by atoms with E-state index in [9.17, 15) is 4.57 Å². The van der Waals surface area contributed by atoms with E-state index < -0.39 is 7.82 Å². The molecule has 0 aliphatic rings. The molecular formula is C10H17O7P. The summed E-state index contributed by atoms with van der Waals surface area (Å²) in [6.07, 6.45) is 0. The van der Waals surface area contributed by atoms with E-state index in [0.717, 1.165) is 0 Å². The third-order valence-electron chi connectivity index (χ3n) is 1.30. The average Bonchev–Trinajstić information content (AvgIpc) is 2.30. The lowest BCUT2D eigenvalue weighted by molar-refractivity contribution is -0.509. The second kappa shape index (κ2) is 10.0. The Labute approximate surface area is 105 Å². The van der Waals surface area contributed by atoms with Crippen molar-refractivity contribution in [3.63, 3.8) is 0 Å². The summed E-state index contributed by atoms with van der Waals surface area (Å²) in [5.74, 6) is 0.167. The molecule has 1 aromatic rings. The van der Waals surface area contributed by atoms with Gasteiger partial charge >= 0.3 is 7.82 Å². The maximum absolute atomic E-state index is 10.3. The first-order valence-corrected chi connectivity index (χ1v) is 6.74. The van der Waals surface area contributed by atoms with Gasteiger partial charge in [0.15, 0.2) is 0 Å². The lowest BCUT2D eigenvalue weighted by Gasteiger charge is -2.04. The molecule has 18 heavy (non-hydrogen) atoms. The molecule has 0 atom stereocenters. The molecule has 0 heterocycles. The van der Waals surface area contributed by atoms with E-state index in [1.807, 2.05) is 13.8 Å². The van der Waals surface area contributed by atoms with Crippen molar-refractivity contribution < 1.29 is 33.7 Å². The maximum Gasteiger partial charge on any atom is 0.524 e. The lowest BCUT2D eigenvalue weighted by Crippen LogP contribution is -1.94. The largest absolute Gasteiger partial charge is 0.524 e. The third kappa shape index (κ3) is 11.5. The van der Waals surface area contributed by atoms with Gasteiger partial charge < -0.3 is 4.52 Å². The van der Waals surface area contributed by atoms with Gasteiger partial charge in [-0.2, -0.15) is 0 Å². The Hall–Kier alpha value is -0.950. The van der Waals surface area contributed by atoms with Crippen LogP contribution in [0, 0.1) is 0 Å². The summed E-state index contributed by atoms with van der Waals surface area (Å²) in [5.41, 5.74) is 0. The predicted molar refractivity (Wildman–Crippen MR) is 63.5 cm³/mol. The Morgan fingerprint density at radius 2 is 1.56 bits per heavy atom. The van der Waals surface area contributed by atoms with E-state index in [-0.39, 0.29) is 5.75 Å². The second-order valence-electron chi connectivity index (χ2n) is 2.78. The minimum Gasteiger partial charge on any atom is -0.404 e. The number of phosphoric acid groups is 1. The summed E-state index contributed by atoms with van der Waals surface area (Å²) >= 11 is 0. The molecule has 1 rings (SSSR count). The summed E-state index contributed by atoms with van der Waals surface area (Å²) in [4.78, 5) is 25.4. The minimum absolute atomic E-state index is 0.167. The quantitative estimate of drug-likeness (QED) is 0.356. The fourth-order valence-electron chi connectivity index (χ4n) is 0.749. The molecule has 7 nitrogen and oxygen atoms in total. The van der Waals surface area contributed by atoms with Crippen molar-refractivity contribution in [3.05, 3.63) is 30.3 Å². The Morgan fingerprint density at radius 1 is 1.06 bits per heavy atom. The molecule has 0 aliphatic carbocycles. The molecule has 8 heteroatoms. The molecule has 0 amide bonds. The first-order valence-electron chi connectivity index (χ1n) is 5.20. The molecule has 0 saturated heterocycles. The highest BCUT2D eigenvalue weighted by Gasteiger charge is 2.14. The molecule has 0 unspecified atom stereocenters. The number of rotatable bonds is 6. The lowest BCUT2D eigenvalue weighted by atomic mass is 10.3. The number of para-hydroxylation sites is 1. The highest BCUT2D eigenvalue weighted by molar-refractivity contribution is 7.46. The van der Waals surface area contributed by atoms with Gasteiger partial charge in [0.2, 0.25) is 0 Å². The van der Waals surface area contributed by atoms with Crippen LogP contribution in [-0.4, -0.2) is 23.0 Å². The van der Waals surface area contributed by atoms with Crippen molar-refractivity contribution in [2.75, 3.05) is 13.2 Å². The fraction of sp³-hybridized carbons (Fsp3) is 0.400. The molecule has 0 bridgehead atoms. The van der Waals surface area contributed by atoms with Gasteiger partial charge in [-0.25, -0.2) is 14.3 Å². The first-order chi connectivity index (χ1) is 8.49. The molecule has 1 aromatic carbocycles. The van der Waals surface area contributed by atoms with Gasteiger partial charge in [-0.1, -0.05) is 23.2 Å². The molecule has 0 aromatic heterocycles. The topological polar surface area (TPSA) is 94.5 Å². The van der Waals surface area contributed by atoms with E-state index in [0.29, 0.717) is 13.2 Å². The zero-order valence-corrected chi connectivity index (χ0v) is 11.1. The molecule has 0 aliphatic heterocycles. The van der Waals surface area contributed by atoms with Crippen molar-refractivity contribution in [2.24, 2.45) is 0 Å². The Bertz CT molecular complexity index is 333. The van der Waals surface area contributed by atoms with Gasteiger partial charge in [-0.15, -0.1) is 0 Å². The second-order valence-corrected chi connectivity index (χ2v) is 3.94. The van der Waals surface area contributed by atoms with Crippen LogP contribution in [0.1, 0.15) is 13.8 Å². The van der Waals surface area contributed by atoms with Crippen molar-refractivity contribution in [1.82, 2.24) is 0 Å². The molecule has 0 fully saturated rings. The normalized spacial score (nSPS) is 10.4. The summed E-state index contributed by atoms with van der Waals surface area (Å²) < 4.78 is 14.5. The van der Waals surface area contributed by atoms with Gasteiger partial charge in [0, 0.05) is 0 Å². The molecular weight excluding hydrogens is 263 g/mol. The van der Waals surface area contributed by atoms with E-state index in [2.05, 4.69) is 19.3 Å². The molecule has 2 N–H and O–H groups in total. The summed E-state index contributed by atoms with van der Waals surface area (Å²) in [6.45, 7) is 4.66. The van der Waals surface area contributed by atoms with E-state index >= 15 is 0 Å². The number of hydrogen-bond donors (Lipinski definition) is 2.